The number of ether oxygens (including phenoxy) is 6. The van der Waals surface area contributed by atoms with Crippen molar-refractivity contribution in [3.8, 4) is 56.0 Å². The molecule has 0 unspecified atom stereocenters. The molecule has 28 nitrogen and oxygen atoms in total. The van der Waals surface area contributed by atoms with Gasteiger partial charge in [0.1, 0.15) is 84.7 Å². The lowest BCUT2D eigenvalue weighted by atomic mass is 9.49. The highest BCUT2D eigenvalue weighted by Crippen LogP contribution is 2.57. The fourth-order valence-corrected chi connectivity index (χ4v) is 21.1. The molecule has 0 radical (unpaired) electrons. The zero-order valence-corrected chi connectivity index (χ0v) is 84.1. The Morgan fingerprint density at radius 3 is 1.15 bits per heavy atom. The summed E-state index contributed by atoms with van der Waals surface area (Å²) in [5.41, 5.74) is 8.25. The number of rotatable bonds is 38. The fraction of sp³-hybridized carbons (Fsp3) is 0.500. The molecular formula is C104H130Cl2N12O16S2. The van der Waals surface area contributed by atoms with Gasteiger partial charge in [-0.2, -0.15) is 10.5 Å². The highest BCUT2D eigenvalue weighted by atomic mass is 35.5. The van der Waals surface area contributed by atoms with E-state index in [1.165, 1.54) is 9.80 Å². The minimum Gasteiger partial charge on any atom is -0.494 e. The van der Waals surface area contributed by atoms with Crippen molar-refractivity contribution in [3.05, 3.63) is 199 Å². The number of nitrogens with one attached hydrogen (secondary N) is 6. The van der Waals surface area contributed by atoms with Crippen molar-refractivity contribution in [1.29, 1.82) is 10.5 Å². The van der Waals surface area contributed by atoms with Crippen LogP contribution in [0.2, 0.25) is 10.0 Å². The van der Waals surface area contributed by atoms with E-state index < -0.39 is 92.5 Å². The summed E-state index contributed by atoms with van der Waals surface area (Å²) in [4.78, 5) is 122. The number of carbonyl (C=O) groups excluding carboxylic acids is 8. The maximum absolute atomic E-state index is 14.0. The molecule has 8 amide bonds. The van der Waals surface area contributed by atoms with Crippen LogP contribution in [0.3, 0.4) is 0 Å². The van der Waals surface area contributed by atoms with Crippen molar-refractivity contribution in [2.75, 3.05) is 39.5 Å². The summed E-state index contributed by atoms with van der Waals surface area (Å²) in [6.45, 7) is 36.1. The van der Waals surface area contributed by atoms with Crippen LogP contribution in [0.25, 0.3) is 20.9 Å². The third-order valence-corrected chi connectivity index (χ3v) is 28.6. The largest absolute Gasteiger partial charge is 0.494 e. The number of unbranched alkanes of at least 4 members (excludes halogenated alkanes) is 2. The minimum atomic E-state index is -0.962. The van der Waals surface area contributed by atoms with E-state index in [0.717, 1.165) is 69.1 Å². The molecule has 8 atom stereocenters. The van der Waals surface area contributed by atoms with E-state index in [-0.39, 0.29) is 112 Å². The molecule has 2 saturated heterocycles. The minimum absolute atomic E-state index is 0.0160. The molecule has 32 heteroatoms. The summed E-state index contributed by atoms with van der Waals surface area (Å²) in [6.07, 6.45) is 1.93. The third-order valence-electron chi connectivity index (χ3n) is 26.1. The monoisotopic (exact) mass is 1940 g/mol. The Labute approximate surface area is 816 Å². The number of hydrogen-bond acceptors (Lipinski definition) is 22. The van der Waals surface area contributed by atoms with Crippen LogP contribution in [0.5, 0.6) is 23.0 Å². The Morgan fingerprint density at radius 1 is 0.500 bits per heavy atom. The number of nitrogens with zero attached hydrogens (tertiary/aromatic N) is 6. The Bertz CT molecular complexity index is 5230. The molecule has 6 aromatic carbocycles. The van der Waals surface area contributed by atoms with Gasteiger partial charge >= 0.3 is 0 Å². The number of aryl methyl sites for hydroxylation is 2. The number of aromatic nitrogens is 2. The molecule has 8 N–H and O–H groups in total. The van der Waals surface area contributed by atoms with Crippen molar-refractivity contribution in [2.45, 2.75) is 262 Å². The van der Waals surface area contributed by atoms with Gasteiger partial charge in [0, 0.05) is 96.0 Å². The van der Waals surface area contributed by atoms with Crippen LogP contribution >= 0.6 is 45.9 Å². The van der Waals surface area contributed by atoms with E-state index in [2.05, 4.69) is 109 Å². The summed E-state index contributed by atoms with van der Waals surface area (Å²) in [5, 5.41) is 58.3. The van der Waals surface area contributed by atoms with Crippen LogP contribution in [0.4, 0.5) is 0 Å². The van der Waals surface area contributed by atoms with Crippen LogP contribution < -0.4 is 50.8 Å². The van der Waals surface area contributed by atoms with E-state index >= 15 is 0 Å². The molecule has 4 aliphatic rings. The summed E-state index contributed by atoms with van der Waals surface area (Å²) in [5.74, 6) is -0.474. The highest BCUT2D eigenvalue weighted by molar-refractivity contribution is 7.13. The SMILES string of the molecule is Cc1ncsc1-c1ccc(CNC(=O)[C@@H]2C[C@@H](O)CN2C(=O)[C@@H](NC(=O)CO[C@@H](C)CCCCOc2ccc(C(=O)NC3C(C)(C)C(Oc4ccc(C#N)c(Cl)c4)C3(C)C)cc2)C(C)(C)C)cc1.Cc1ncsc1-c1ccc(CNC(=O)[C@@H]2C[C@@H](O)CN2C(=O)[C@@H](NC(=O)CO[C@H](C)CCCCOc2ccc(C(=O)NC3C(C)(C)C(Oc4ccc(C#N)c(Cl)c4)C3(C)C)cc2)C(C)(C)C)cc1. The summed E-state index contributed by atoms with van der Waals surface area (Å²) < 4.78 is 36.4. The van der Waals surface area contributed by atoms with Crippen LogP contribution in [-0.4, -0.2) is 190 Å². The first-order chi connectivity index (χ1) is 64.2. The third kappa shape index (κ3) is 26.4. The van der Waals surface area contributed by atoms with Crippen molar-refractivity contribution in [2.24, 2.45) is 32.5 Å². The number of thiazole rings is 2. The van der Waals surface area contributed by atoms with E-state index in [9.17, 15) is 59.1 Å². The van der Waals surface area contributed by atoms with Crippen LogP contribution in [0.15, 0.2) is 144 Å². The zero-order valence-electron chi connectivity index (χ0n) is 81.0. The second-order valence-electron chi connectivity index (χ2n) is 40.5. The van der Waals surface area contributed by atoms with Gasteiger partial charge in [-0.3, -0.25) is 38.4 Å². The lowest BCUT2D eigenvalue weighted by molar-refractivity contribution is -0.164. The van der Waals surface area contributed by atoms with Crippen molar-refractivity contribution >= 4 is 93.1 Å². The zero-order chi connectivity index (χ0) is 99.1. The summed E-state index contributed by atoms with van der Waals surface area (Å²) >= 11 is 15.6. The van der Waals surface area contributed by atoms with Crippen molar-refractivity contribution in [1.82, 2.24) is 51.7 Å². The standard InChI is InChI=1S/2C52H65ClN6O8S/c2*1-31(12-10-11-23-65-38-20-17-35(18-21-38)45(62)58-48-51(6,7)49(52(48,8)9)67-39-22-19-36(26-54)40(53)25-39)66-29-42(61)57-44(50(3,4)5)47(64)59-28-37(60)24-41(59)46(63)55-27-33-13-15-34(16-14-33)43-32(2)56-30-68-43/h2*13-22,25,30-31,37,41,44,48-49,60H,10-12,23-24,27-29H2,1-9H3,(H,55,63)(H,57,61)(H,58,62)/t31-,37+,41-,44+,48?,49?;31-,37-,41+,44-,48?,49?/m01/s1. The molecule has 0 bridgehead atoms. The normalized spacial score (nSPS) is 20.3. The number of hydrogen-bond donors (Lipinski definition) is 8. The van der Waals surface area contributed by atoms with Gasteiger partial charge in [-0.15, -0.1) is 22.7 Å². The predicted molar refractivity (Wildman–Crippen MR) is 524 cm³/mol. The Balaban J connectivity index is 0.000000261. The number of carbonyl (C=O) groups is 8. The first kappa shape index (κ1) is 105. The Kier molecular flexibility index (Phi) is 35.3. The summed E-state index contributed by atoms with van der Waals surface area (Å²) in [7, 11) is 0. The maximum Gasteiger partial charge on any atom is 0.251 e. The van der Waals surface area contributed by atoms with Crippen LogP contribution in [-0.2, 0) is 51.3 Å². The average Bonchev–Trinajstić information content (AvgIpc) is 0.778. The molecular weight excluding hydrogens is 1810 g/mol. The fourth-order valence-electron chi connectivity index (χ4n) is 19.0. The van der Waals surface area contributed by atoms with E-state index in [0.29, 0.717) is 81.4 Å². The second-order valence-corrected chi connectivity index (χ2v) is 43.0. The molecule has 8 aromatic rings. The van der Waals surface area contributed by atoms with E-state index in [4.69, 9.17) is 51.6 Å². The molecule has 2 aliphatic carbocycles. The molecule has 2 saturated carbocycles. The number of β-amino-alcohol motifs (C(OH)–C–C–N with tert-alkyl or cyclic N) is 2. The lowest BCUT2D eigenvalue weighted by Gasteiger charge is -2.63. The molecule has 4 fully saturated rings. The van der Waals surface area contributed by atoms with Crippen LogP contribution in [0, 0.1) is 69.0 Å². The quantitative estimate of drug-likeness (QED) is 0.0167. The van der Waals surface area contributed by atoms with Gasteiger partial charge in [0.05, 0.1) is 91.0 Å². The van der Waals surface area contributed by atoms with Gasteiger partial charge in [0.15, 0.2) is 0 Å². The molecule has 136 heavy (non-hydrogen) atoms. The molecule has 0 spiro atoms. The number of likely N-dealkylation sites (tertiary alicyclic amines) is 2. The van der Waals surface area contributed by atoms with Gasteiger partial charge in [0.25, 0.3) is 11.8 Å². The number of benzene rings is 6. The number of halogens is 2. The highest BCUT2D eigenvalue weighted by Gasteiger charge is 2.65. The molecule has 728 valence electrons. The van der Waals surface area contributed by atoms with E-state index in [1.807, 2.05) is 129 Å². The summed E-state index contributed by atoms with van der Waals surface area (Å²) in [6, 6.07) is 39.9. The molecule has 12 rings (SSSR count). The van der Waals surface area contributed by atoms with E-state index in [1.54, 1.807) is 108 Å². The van der Waals surface area contributed by atoms with Gasteiger partial charge in [0.2, 0.25) is 35.4 Å². The van der Waals surface area contributed by atoms with Crippen LogP contribution in [0.1, 0.15) is 217 Å². The number of aliphatic hydroxyl groups excluding tert-OH is 2. The maximum atomic E-state index is 14.0. The van der Waals surface area contributed by atoms with Crippen molar-refractivity contribution < 1.29 is 77.0 Å². The second kappa shape index (κ2) is 45.5. The number of nitriles is 2. The smallest absolute Gasteiger partial charge is 0.251 e. The Morgan fingerprint density at radius 2 is 0.838 bits per heavy atom. The lowest BCUT2D eigenvalue weighted by Crippen LogP contribution is -2.74. The number of amides is 8. The van der Waals surface area contributed by atoms with Gasteiger partial charge in [-0.1, -0.05) is 169 Å². The van der Waals surface area contributed by atoms with Gasteiger partial charge < -0.3 is 80.3 Å². The molecule has 2 aromatic heterocycles. The van der Waals surface area contributed by atoms with Crippen molar-refractivity contribution in [3.63, 3.8) is 0 Å². The van der Waals surface area contributed by atoms with Gasteiger partial charge in [-0.05, 0) is 172 Å². The predicted octanol–water partition coefficient (Wildman–Crippen LogP) is 16.0. The number of aliphatic hydroxyl groups is 2. The topological polar surface area (TPSA) is 384 Å². The Hall–Kier alpha value is -11.1. The average molecular weight is 1940 g/mol. The first-order valence-corrected chi connectivity index (χ1v) is 48.8. The van der Waals surface area contributed by atoms with Gasteiger partial charge in [-0.25, -0.2) is 9.97 Å². The molecule has 2 aliphatic heterocycles. The first-order valence-electron chi connectivity index (χ1n) is 46.3. The molecule has 4 heterocycles.